The molecular weight excluding hydrogens is 488 g/mol. The van der Waals surface area contributed by atoms with Crippen LogP contribution in [0, 0.1) is 5.82 Å². The Bertz CT molecular complexity index is 1020. The molecule has 8 heteroatoms. The number of hydrogen-bond acceptors (Lipinski definition) is 5. The number of benzene rings is 2. The van der Waals surface area contributed by atoms with Crippen molar-refractivity contribution in [3.05, 3.63) is 46.8 Å². The molecule has 0 saturated carbocycles. The van der Waals surface area contributed by atoms with Crippen LogP contribution in [0.4, 0.5) is 10.1 Å². The van der Waals surface area contributed by atoms with E-state index in [9.17, 15) is 14.4 Å². The predicted octanol–water partition coefficient (Wildman–Crippen LogP) is 3.81. The van der Waals surface area contributed by atoms with Crippen molar-refractivity contribution in [2.24, 2.45) is 5.16 Å². The summed E-state index contributed by atoms with van der Waals surface area (Å²) in [5, 5.41) is 15.5. The molecule has 2 aromatic rings. The zero-order valence-corrected chi connectivity index (χ0v) is 18.3. The van der Waals surface area contributed by atoms with Crippen LogP contribution in [0.5, 0.6) is 5.75 Å². The van der Waals surface area contributed by atoms with Gasteiger partial charge in [0.25, 0.3) is 5.91 Å². The average Bonchev–Trinajstić information content (AvgIpc) is 3.02. The van der Waals surface area contributed by atoms with Crippen LogP contribution in [0.15, 0.2) is 29.4 Å². The third-order valence-electron chi connectivity index (χ3n) is 5.38. The molecule has 0 saturated heterocycles. The summed E-state index contributed by atoms with van der Waals surface area (Å²) in [5.41, 5.74) is 4.65. The molecule has 1 amide bonds. The minimum Gasteiger partial charge on any atom is -0.496 e. The van der Waals surface area contributed by atoms with Gasteiger partial charge < -0.3 is 15.3 Å². The van der Waals surface area contributed by atoms with E-state index in [0.29, 0.717) is 33.0 Å². The second-order valence-corrected chi connectivity index (χ2v) is 9.44. The lowest BCUT2D eigenvalue weighted by Gasteiger charge is -2.32. The van der Waals surface area contributed by atoms with Crippen LogP contribution in [0.1, 0.15) is 23.6 Å². The lowest BCUT2D eigenvalue weighted by Crippen LogP contribution is -2.34. The van der Waals surface area contributed by atoms with Crippen LogP contribution >= 0.6 is 22.6 Å². The minimum absolute atomic E-state index is 0.0289. The summed E-state index contributed by atoms with van der Waals surface area (Å²) in [7, 11) is 1.55. The lowest BCUT2D eigenvalue weighted by atomic mass is 9.86. The summed E-state index contributed by atoms with van der Waals surface area (Å²) in [5.74, 6) is -0.249. The molecule has 0 fully saturated rings. The largest absolute Gasteiger partial charge is 0.496 e. The fourth-order valence-electron chi connectivity index (χ4n) is 4.18. The molecule has 0 radical (unpaired) electrons. The Morgan fingerprint density at radius 3 is 2.79 bits per heavy atom. The van der Waals surface area contributed by atoms with Crippen LogP contribution in [0.2, 0.25) is 0 Å². The van der Waals surface area contributed by atoms with Crippen molar-refractivity contribution in [3.8, 4) is 16.9 Å². The highest BCUT2D eigenvalue weighted by Crippen LogP contribution is 2.42. The molecule has 0 bridgehead atoms. The molecule has 4 rings (SSSR count). The van der Waals surface area contributed by atoms with Crippen molar-refractivity contribution < 1.29 is 19.1 Å². The number of halogens is 2. The van der Waals surface area contributed by atoms with Gasteiger partial charge in [0.15, 0.2) is 5.71 Å². The zero-order valence-electron chi connectivity index (χ0n) is 16.1. The Labute approximate surface area is 181 Å². The fraction of sp³-hybridized carbons (Fsp3) is 0.333. The maximum Gasteiger partial charge on any atom is 0.278 e. The summed E-state index contributed by atoms with van der Waals surface area (Å²) in [4.78, 5) is 14.7. The van der Waals surface area contributed by atoms with Crippen LogP contribution < -0.4 is 10.1 Å². The van der Waals surface area contributed by atoms with Crippen molar-refractivity contribution in [1.82, 2.24) is 4.90 Å². The van der Waals surface area contributed by atoms with E-state index in [1.165, 1.54) is 12.1 Å². The number of carbonyl (C=O) groups is 1. The molecule has 2 N–H and O–H groups in total. The van der Waals surface area contributed by atoms with Gasteiger partial charge in [-0.1, -0.05) is 34.7 Å². The number of fused-ring (bicyclic) bond motifs is 3. The van der Waals surface area contributed by atoms with Crippen molar-refractivity contribution in [1.29, 1.82) is 0 Å². The molecule has 6 nitrogen and oxygen atoms in total. The van der Waals surface area contributed by atoms with Gasteiger partial charge in [0, 0.05) is 34.7 Å². The molecule has 0 spiro atoms. The van der Waals surface area contributed by atoms with E-state index in [1.807, 2.05) is 0 Å². The first kappa shape index (κ1) is 20.1. The molecular formula is C21H21FIN3O3. The quantitative estimate of drug-likeness (QED) is 0.285. The Morgan fingerprint density at radius 2 is 2.10 bits per heavy atom. The molecule has 29 heavy (non-hydrogen) atoms. The molecule has 1 atom stereocenters. The van der Waals surface area contributed by atoms with E-state index in [2.05, 4.69) is 44.9 Å². The summed E-state index contributed by atoms with van der Waals surface area (Å²) in [6.45, 7) is 4.62. The second-order valence-electron chi connectivity index (χ2n) is 7.32. The van der Waals surface area contributed by atoms with Crippen LogP contribution in [0.3, 0.4) is 0 Å². The number of amides is 1. The normalized spacial score (nSPS) is 18.3. The number of carbonyl (C=O) groups excluding carboxylic acids is 1. The molecule has 2 heterocycles. The molecule has 0 aromatic heterocycles. The number of rotatable bonds is 4. The first-order valence-electron chi connectivity index (χ1n) is 9.35. The van der Waals surface area contributed by atoms with E-state index < -0.39 is 5.91 Å². The maximum atomic E-state index is 14.1. The average molecular weight is 509 g/mol. The number of anilines is 1. The third-order valence-corrected chi connectivity index (χ3v) is 5.77. The van der Waals surface area contributed by atoms with Crippen LogP contribution in [-0.2, 0) is 17.8 Å². The van der Waals surface area contributed by atoms with Crippen molar-refractivity contribution in [3.63, 3.8) is 0 Å². The van der Waals surface area contributed by atoms with E-state index >= 15 is 0 Å². The van der Waals surface area contributed by atoms with Gasteiger partial charge in [-0.2, -0.15) is 0 Å². The lowest BCUT2D eigenvalue weighted by molar-refractivity contribution is -0.110. The van der Waals surface area contributed by atoms with Gasteiger partial charge in [0.05, 0.1) is 12.8 Å². The number of nitrogens with zero attached hydrogens (tertiary/aromatic N) is 2. The van der Waals surface area contributed by atoms with Crippen LogP contribution in [0.25, 0.3) is 11.1 Å². The Hall–Kier alpha value is -2.20. The van der Waals surface area contributed by atoms with E-state index in [1.54, 1.807) is 19.2 Å². The summed E-state index contributed by atoms with van der Waals surface area (Å²) < 4.78 is 20.0. The summed E-state index contributed by atoms with van der Waals surface area (Å²) >= 11 is 2.40. The number of nitrogens with one attached hydrogen (secondary N) is 1. The van der Waals surface area contributed by atoms with Gasteiger partial charge in [-0.05, 0) is 47.4 Å². The number of methoxy groups -OCH3 is 1. The van der Waals surface area contributed by atoms with Gasteiger partial charge in [-0.15, -0.1) is 0 Å². The highest BCUT2D eigenvalue weighted by Gasteiger charge is 2.34. The van der Waals surface area contributed by atoms with Gasteiger partial charge in [-0.3, -0.25) is 9.69 Å². The minimum atomic E-state index is -0.438. The SMILES string of the molecule is COc1ccc(F)cc1-c1cc2c(c3c1CCN(CC(C)I)C3)NC(=O)/C2=N/O. The molecule has 2 aliphatic rings. The van der Waals surface area contributed by atoms with Gasteiger partial charge in [0.2, 0.25) is 0 Å². The van der Waals surface area contributed by atoms with E-state index in [0.717, 1.165) is 36.2 Å². The first-order valence-corrected chi connectivity index (χ1v) is 10.6. The van der Waals surface area contributed by atoms with Crippen LogP contribution in [-0.4, -0.2) is 45.8 Å². The van der Waals surface area contributed by atoms with Gasteiger partial charge in [-0.25, -0.2) is 4.39 Å². The smallest absolute Gasteiger partial charge is 0.278 e. The first-order chi connectivity index (χ1) is 13.9. The van der Waals surface area contributed by atoms with Gasteiger partial charge >= 0.3 is 0 Å². The molecule has 2 aliphatic heterocycles. The molecule has 2 aromatic carbocycles. The van der Waals surface area contributed by atoms with Crippen molar-refractivity contribution in [2.45, 2.75) is 23.8 Å². The third kappa shape index (κ3) is 3.59. The zero-order chi connectivity index (χ0) is 20.7. The van der Waals surface area contributed by atoms with Crippen molar-refractivity contribution in [2.75, 3.05) is 25.5 Å². The monoisotopic (exact) mass is 509 g/mol. The number of ether oxygens (including phenoxy) is 1. The Morgan fingerprint density at radius 1 is 1.31 bits per heavy atom. The Kier molecular flexibility index (Phi) is 5.48. The number of alkyl halides is 1. The highest BCUT2D eigenvalue weighted by atomic mass is 127. The second kappa shape index (κ2) is 7.91. The summed E-state index contributed by atoms with van der Waals surface area (Å²) in [6, 6.07) is 6.20. The maximum absolute atomic E-state index is 14.1. The highest BCUT2D eigenvalue weighted by molar-refractivity contribution is 14.1. The van der Waals surface area contributed by atoms with Gasteiger partial charge in [0.1, 0.15) is 11.6 Å². The Balaban J connectivity index is 1.94. The number of oxime groups is 1. The molecule has 1 unspecified atom stereocenters. The predicted molar refractivity (Wildman–Crippen MR) is 118 cm³/mol. The number of hydrogen-bond donors (Lipinski definition) is 2. The summed E-state index contributed by atoms with van der Waals surface area (Å²) in [6.07, 6.45) is 0.766. The van der Waals surface area contributed by atoms with Crippen molar-refractivity contribution >= 4 is 39.9 Å². The standard InChI is InChI=1S/C21H21FIN3O3/c1-11(23)9-26-6-5-13-14(15-7-12(22)3-4-18(15)29-2)8-16-19(17(13)10-26)24-21(27)20(16)25-28/h3-4,7-8,11,28H,5-6,9-10H2,1-2H3,(H,24,25,27). The van der Waals surface area contributed by atoms with E-state index in [-0.39, 0.29) is 11.5 Å². The molecule has 152 valence electrons. The molecule has 0 aliphatic carbocycles. The topological polar surface area (TPSA) is 74.2 Å². The van der Waals surface area contributed by atoms with E-state index in [4.69, 9.17) is 4.74 Å². The fourth-order valence-corrected chi connectivity index (χ4v) is 4.74.